The van der Waals surface area contributed by atoms with E-state index in [0.29, 0.717) is 45.9 Å². The van der Waals surface area contributed by atoms with Gasteiger partial charge in [0.1, 0.15) is 5.75 Å². The van der Waals surface area contributed by atoms with Gasteiger partial charge in [0.2, 0.25) is 0 Å². The summed E-state index contributed by atoms with van der Waals surface area (Å²) in [6.45, 7) is 4.30. The molecule has 0 aromatic heterocycles. The molecule has 4 spiro atoms. The molecule has 2 aromatic rings. The predicted octanol–water partition coefficient (Wildman–Crippen LogP) is 3.03. The van der Waals surface area contributed by atoms with Gasteiger partial charge in [0, 0.05) is 60.1 Å². The number of carbonyl (C=O) groups is 1. The molecule has 0 radical (unpaired) electrons. The number of fused-ring (bicyclic) bond motifs is 1. The molecule has 2 bridgehead atoms. The van der Waals surface area contributed by atoms with Crippen LogP contribution in [0.1, 0.15) is 40.7 Å². The summed E-state index contributed by atoms with van der Waals surface area (Å²) in [7, 11) is 2.06. The van der Waals surface area contributed by atoms with E-state index in [1.54, 1.807) is 0 Å². The van der Waals surface area contributed by atoms with Gasteiger partial charge in [-0.15, -0.1) is 0 Å². The number of carbonyl (C=O) groups excluding carboxylic acids is 1. The molecule has 5 heteroatoms. The fourth-order valence-electron chi connectivity index (χ4n) is 12.3. The standard InChI is InChI=1S/C30H33N3O2/c1-31-11-12-32-17-27-14-19-7-8-21(34)13-22(19)30(27)24-23-9-10-28(24)20(15-29(28,30)26(27)32)16-33(23)25(35)18-5-3-2-4-6-18/h2-8,13,20,23-24,26,31,34H,9-12,14-17H2,1H3/t20-,23?,24?,26?,27?,28+,29?,30?/m1/s1. The van der Waals surface area contributed by atoms with E-state index in [0.717, 1.165) is 38.0 Å². The number of likely N-dealkylation sites (N-methyl/N-ethyl adjacent to an activating group) is 1. The third-order valence-corrected chi connectivity index (χ3v) is 12.5. The lowest BCUT2D eigenvalue weighted by molar-refractivity contribution is -0.509. The van der Waals surface area contributed by atoms with Crippen LogP contribution in [0.25, 0.3) is 0 Å². The summed E-state index contributed by atoms with van der Waals surface area (Å²) in [5, 5.41) is 14.0. The highest BCUT2D eigenvalue weighted by Crippen LogP contribution is 3.03. The first-order valence-corrected chi connectivity index (χ1v) is 13.6. The molecule has 8 atom stereocenters. The van der Waals surface area contributed by atoms with E-state index in [9.17, 15) is 9.90 Å². The Balaban J connectivity index is 1.20. The molecule has 2 aromatic carbocycles. The number of nitrogens with one attached hydrogen (secondary N) is 1. The molecular weight excluding hydrogens is 434 g/mol. The summed E-state index contributed by atoms with van der Waals surface area (Å²) in [6, 6.07) is 17.2. The van der Waals surface area contributed by atoms with Gasteiger partial charge in [-0.25, -0.2) is 0 Å². The Morgan fingerprint density at radius 3 is 2.89 bits per heavy atom. The third kappa shape index (κ3) is 1.63. The second-order valence-electron chi connectivity index (χ2n) is 12.8. The zero-order valence-corrected chi connectivity index (χ0v) is 20.3. The van der Waals surface area contributed by atoms with Gasteiger partial charge in [0.05, 0.1) is 0 Å². The van der Waals surface area contributed by atoms with Crippen LogP contribution in [0.4, 0.5) is 0 Å². The normalized spacial score (nSPS) is 46.6. The molecule has 5 aliphatic carbocycles. The van der Waals surface area contributed by atoms with Gasteiger partial charge in [-0.05, 0) is 85.4 Å². The number of hydrogen-bond donors (Lipinski definition) is 2. The maximum atomic E-state index is 13.8. The maximum absolute atomic E-state index is 13.8. The number of benzene rings is 2. The molecule has 1 amide bonds. The second kappa shape index (κ2) is 5.78. The van der Waals surface area contributed by atoms with E-state index in [1.807, 2.05) is 36.4 Å². The van der Waals surface area contributed by atoms with E-state index < -0.39 is 0 Å². The molecule has 180 valence electrons. The number of phenolic OH excluding ortho intramolecular Hbond substituents is 1. The first kappa shape index (κ1) is 19.8. The molecule has 2 aliphatic heterocycles. The van der Waals surface area contributed by atoms with Crippen molar-refractivity contribution in [3.8, 4) is 5.75 Å². The van der Waals surface area contributed by atoms with Gasteiger partial charge in [0.15, 0.2) is 0 Å². The highest BCUT2D eigenvalue weighted by atomic mass is 16.3. The predicted molar refractivity (Wildman–Crippen MR) is 132 cm³/mol. The highest BCUT2D eigenvalue weighted by molar-refractivity contribution is 5.95. The van der Waals surface area contributed by atoms with Crippen molar-refractivity contribution in [1.29, 1.82) is 0 Å². The number of aromatic hydroxyl groups is 1. The number of phenols is 1. The fourth-order valence-corrected chi connectivity index (χ4v) is 12.3. The Morgan fingerprint density at radius 2 is 2.06 bits per heavy atom. The van der Waals surface area contributed by atoms with Crippen LogP contribution in [0.15, 0.2) is 48.5 Å². The first-order chi connectivity index (χ1) is 17.1. The Bertz CT molecular complexity index is 1310. The molecule has 2 N–H and O–H groups in total. The lowest BCUT2D eigenvalue weighted by Gasteiger charge is -3.01. The summed E-state index contributed by atoms with van der Waals surface area (Å²) < 4.78 is 0. The second-order valence-corrected chi connectivity index (χ2v) is 12.8. The van der Waals surface area contributed by atoms with Crippen LogP contribution in [0.5, 0.6) is 5.75 Å². The van der Waals surface area contributed by atoms with Gasteiger partial charge >= 0.3 is 0 Å². The van der Waals surface area contributed by atoms with E-state index in [1.165, 1.54) is 30.5 Å². The summed E-state index contributed by atoms with van der Waals surface area (Å²) in [5.41, 5.74) is 4.99. The minimum absolute atomic E-state index is 0.155. The average molecular weight is 468 g/mol. The summed E-state index contributed by atoms with van der Waals surface area (Å²) in [4.78, 5) is 18.9. The molecule has 4 saturated carbocycles. The average Bonchev–Trinajstić information content (AvgIpc) is 3.33. The van der Waals surface area contributed by atoms with E-state index in [4.69, 9.17) is 0 Å². The quantitative estimate of drug-likeness (QED) is 0.726. The summed E-state index contributed by atoms with van der Waals surface area (Å²) in [5.74, 6) is 1.84. The molecule has 2 heterocycles. The van der Waals surface area contributed by atoms with Crippen molar-refractivity contribution in [3.63, 3.8) is 0 Å². The monoisotopic (exact) mass is 467 g/mol. The number of amides is 1. The van der Waals surface area contributed by atoms with Crippen molar-refractivity contribution in [2.75, 3.05) is 33.2 Å². The van der Waals surface area contributed by atoms with Crippen LogP contribution in [0.3, 0.4) is 0 Å². The zero-order valence-electron chi connectivity index (χ0n) is 20.3. The first-order valence-electron chi connectivity index (χ1n) is 13.6. The number of rotatable bonds is 4. The fraction of sp³-hybridized carbons (Fsp3) is 0.567. The lowest BCUT2D eigenvalue weighted by Crippen LogP contribution is -3.06. The number of hydrogen-bond acceptors (Lipinski definition) is 4. The zero-order chi connectivity index (χ0) is 23.4. The van der Waals surface area contributed by atoms with Crippen molar-refractivity contribution >= 4 is 5.91 Å². The third-order valence-electron chi connectivity index (χ3n) is 12.5. The minimum Gasteiger partial charge on any atom is -0.508 e. The van der Waals surface area contributed by atoms with Crippen molar-refractivity contribution in [1.82, 2.24) is 15.1 Å². The minimum atomic E-state index is 0.155. The van der Waals surface area contributed by atoms with Crippen molar-refractivity contribution in [2.45, 2.75) is 43.2 Å². The summed E-state index contributed by atoms with van der Waals surface area (Å²) >= 11 is 0. The number of nitrogens with zero attached hydrogens (tertiary/aromatic N) is 2. The van der Waals surface area contributed by atoms with Crippen LogP contribution < -0.4 is 5.32 Å². The van der Waals surface area contributed by atoms with Crippen LogP contribution in [-0.4, -0.2) is 66.1 Å². The van der Waals surface area contributed by atoms with E-state index in [-0.39, 0.29) is 11.3 Å². The molecule has 6 unspecified atom stereocenters. The Labute approximate surface area is 206 Å². The van der Waals surface area contributed by atoms with Gasteiger partial charge in [-0.2, -0.15) is 0 Å². The van der Waals surface area contributed by atoms with Gasteiger partial charge < -0.3 is 15.3 Å². The molecule has 2 saturated heterocycles. The summed E-state index contributed by atoms with van der Waals surface area (Å²) in [6.07, 6.45) is 4.85. The topological polar surface area (TPSA) is 55.8 Å². The Hall–Kier alpha value is -2.37. The van der Waals surface area contributed by atoms with E-state index in [2.05, 4.69) is 34.3 Å². The van der Waals surface area contributed by atoms with Gasteiger partial charge in [0.25, 0.3) is 5.91 Å². The molecule has 6 fully saturated rings. The van der Waals surface area contributed by atoms with Crippen LogP contribution in [0, 0.1) is 28.1 Å². The Morgan fingerprint density at radius 1 is 1.20 bits per heavy atom. The Kier molecular flexibility index (Phi) is 3.27. The molecule has 35 heavy (non-hydrogen) atoms. The molecule has 5 nitrogen and oxygen atoms in total. The van der Waals surface area contributed by atoms with Crippen LogP contribution >= 0.6 is 0 Å². The van der Waals surface area contributed by atoms with Crippen LogP contribution in [-0.2, 0) is 11.8 Å². The molecular formula is C30H33N3O2. The van der Waals surface area contributed by atoms with E-state index >= 15 is 0 Å². The largest absolute Gasteiger partial charge is 0.508 e. The maximum Gasteiger partial charge on any atom is 0.254 e. The van der Waals surface area contributed by atoms with Crippen molar-refractivity contribution in [3.05, 3.63) is 65.2 Å². The van der Waals surface area contributed by atoms with Crippen LogP contribution in [0.2, 0.25) is 0 Å². The molecule has 7 aliphatic rings. The highest BCUT2D eigenvalue weighted by Gasteiger charge is 3.05. The lowest BCUT2D eigenvalue weighted by atomic mass is 9.05. The SMILES string of the molecule is CNCCN1CC23Cc4ccc(O)cc4C24C2C5CC[C@]26[C@@H](CN5C(=O)c2ccccc2)CC46C13. The smallest absolute Gasteiger partial charge is 0.254 e. The van der Waals surface area contributed by atoms with Gasteiger partial charge in [-0.3, -0.25) is 9.69 Å². The van der Waals surface area contributed by atoms with Crippen molar-refractivity contribution < 1.29 is 9.90 Å². The number of likely N-dealkylation sites (tertiary alicyclic amines) is 2. The van der Waals surface area contributed by atoms with Crippen molar-refractivity contribution in [2.24, 2.45) is 28.1 Å². The van der Waals surface area contributed by atoms with Gasteiger partial charge in [-0.1, -0.05) is 24.3 Å². The molecule has 9 rings (SSSR count). The number of piperidine rings is 2.